The van der Waals surface area contributed by atoms with Crippen LogP contribution in [-0.2, 0) is 11.3 Å². The molecule has 2 aliphatic carbocycles. The van der Waals surface area contributed by atoms with Crippen LogP contribution in [0.1, 0.15) is 54.8 Å². The molecule has 128 valence electrons. The standard InChI is InChI=1S/C18H23N3O2S/c1-10-11(2)24-17-15(10)16(22)19-14(20-17)9-21(13-5-3-4-6-13)18(23)12-7-8-12/h12-13H,3-9H2,1-2H3,(H,19,20,22). The molecular formula is C18H23N3O2S. The second-order valence-electron chi connectivity index (χ2n) is 7.15. The van der Waals surface area contributed by atoms with Crippen LogP contribution in [0.2, 0.25) is 0 Å². The van der Waals surface area contributed by atoms with Gasteiger partial charge in [0.2, 0.25) is 5.91 Å². The zero-order valence-corrected chi connectivity index (χ0v) is 15.0. The van der Waals surface area contributed by atoms with Gasteiger partial charge in [-0.15, -0.1) is 11.3 Å². The number of amides is 1. The fourth-order valence-electron chi connectivity index (χ4n) is 3.70. The van der Waals surface area contributed by atoms with Crippen LogP contribution in [0.4, 0.5) is 0 Å². The third-order valence-corrected chi connectivity index (χ3v) is 6.48. The molecule has 0 radical (unpaired) electrons. The number of aryl methyl sites for hydroxylation is 2. The first-order chi connectivity index (χ1) is 11.5. The zero-order valence-electron chi connectivity index (χ0n) is 14.2. The number of hydrogen-bond donors (Lipinski definition) is 1. The lowest BCUT2D eigenvalue weighted by atomic mass is 10.2. The number of carbonyl (C=O) groups excluding carboxylic acids is 1. The van der Waals surface area contributed by atoms with Crippen molar-refractivity contribution in [2.45, 2.75) is 65.0 Å². The first-order valence-electron chi connectivity index (χ1n) is 8.84. The van der Waals surface area contributed by atoms with E-state index in [0.29, 0.717) is 23.8 Å². The molecule has 2 saturated carbocycles. The van der Waals surface area contributed by atoms with Crippen LogP contribution in [0.15, 0.2) is 4.79 Å². The first kappa shape index (κ1) is 15.8. The number of aromatic nitrogens is 2. The van der Waals surface area contributed by atoms with Gasteiger partial charge in [0.25, 0.3) is 5.56 Å². The van der Waals surface area contributed by atoms with Crippen molar-refractivity contribution in [2.75, 3.05) is 0 Å². The van der Waals surface area contributed by atoms with Gasteiger partial charge in [0.15, 0.2) is 0 Å². The van der Waals surface area contributed by atoms with Gasteiger partial charge >= 0.3 is 0 Å². The van der Waals surface area contributed by atoms with Crippen LogP contribution < -0.4 is 5.56 Å². The van der Waals surface area contributed by atoms with Gasteiger partial charge in [-0.1, -0.05) is 12.8 Å². The average Bonchev–Trinajstić information content (AvgIpc) is 3.18. The Bertz CT molecular complexity index is 844. The maximum atomic E-state index is 12.7. The Morgan fingerprint density at radius 2 is 1.96 bits per heavy atom. The molecule has 2 aromatic rings. The number of aromatic amines is 1. The summed E-state index contributed by atoms with van der Waals surface area (Å²) >= 11 is 1.56. The summed E-state index contributed by atoms with van der Waals surface area (Å²) in [6, 6.07) is 0.311. The number of rotatable bonds is 4. The predicted molar refractivity (Wildman–Crippen MR) is 95.2 cm³/mol. The van der Waals surface area contributed by atoms with Crippen molar-refractivity contribution in [1.29, 1.82) is 0 Å². The van der Waals surface area contributed by atoms with Crippen molar-refractivity contribution < 1.29 is 4.79 Å². The highest BCUT2D eigenvalue weighted by molar-refractivity contribution is 7.18. The Labute approximate surface area is 145 Å². The maximum absolute atomic E-state index is 12.7. The predicted octanol–water partition coefficient (Wildman–Crippen LogP) is 3.28. The van der Waals surface area contributed by atoms with E-state index in [0.717, 1.165) is 41.0 Å². The molecule has 6 heteroatoms. The van der Waals surface area contributed by atoms with Crippen molar-refractivity contribution in [3.63, 3.8) is 0 Å². The monoisotopic (exact) mass is 345 g/mol. The Balaban J connectivity index is 1.67. The van der Waals surface area contributed by atoms with Crippen LogP contribution in [0.5, 0.6) is 0 Å². The normalized spacial score (nSPS) is 18.4. The molecule has 5 nitrogen and oxygen atoms in total. The molecule has 0 spiro atoms. The van der Waals surface area contributed by atoms with Gasteiger partial charge in [0.1, 0.15) is 10.7 Å². The SMILES string of the molecule is Cc1sc2nc(CN(C(=O)C3CC3)C3CCCC3)[nH]c(=O)c2c1C. The molecule has 2 aliphatic rings. The Hall–Kier alpha value is -1.69. The topological polar surface area (TPSA) is 66.1 Å². The fraction of sp³-hybridized carbons (Fsp3) is 0.611. The number of nitrogens with one attached hydrogen (secondary N) is 1. The summed E-state index contributed by atoms with van der Waals surface area (Å²) in [5, 5.41) is 0.696. The molecule has 24 heavy (non-hydrogen) atoms. The van der Waals surface area contributed by atoms with Crippen molar-refractivity contribution in [3.8, 4) is 0 Å². The molecule has 0 unspecified atom stereocenters. The van der Waals surface area contributed by atoms with Crippen LogP contribution in [0, 0.1) is 19.8 Å². The highest BCUT2D eigenvalue weighted by atomic mass is 32.1. The van der Waals surface area contributed by atoms with Crippen LogP contribution >= 0.6 is 11.3 Å². The van der Waals surface area contributed by atoms with E-state index in [-0.39, 0.29) is 17.4 Å². The average molecular weight is 345 g/mol. The van der Waals surface area contributed by atoms with Gasteiger partial charge in [-0.05, 0) is 45.1 Å². The van der Waals surface area contributed by atoms with Crippen LogP contribution in [0.25, 0.3) is 10.2 Å². The maximum Gasteiger partial charge on any atom is 0.259 e. The minimum absolute atomic E-state index is 0.0814. The van der Waals surface area contributed by atoms with Crippen LogP contribution in [-0.4, -0.2) is 26.8 Å². The zero-order chi connectivity index (χ0) is 16.8. The van der Waals surface area contributed by atoms with E-state index >= 15 is 0 Å². The van der Waals surface area contributed by atoms with E-state index < -0.39 is 0 Å². The lowest BCUT2D eigenvalue weighted by Gasteiger charge is -2.28. The molecule has 0 aliphatic heterocycles. The largest absolute Gasteiger partial charge is 0.332 e. The summed E-state index contributed by atoms with van der Waals surface area (Å²) in [6.07, 6.45) is 6.53. The van der Waals surface area contributed by atoms with Crippen molar-refractivity contribution >= 4 is 27.5 Å². The Kier molecular flexibility index (Phi) is 3.95. The molecular weight excluding hydrogens is 322 g/mol. The number of fused-ring (bicyclic) bond motifs is 1. The summed E-state index contributed by atoms with van der Waals surface area (Å²) in [4.78, 5) is 36.7. The molecule has 2 heterocycles. The third kappa shape index (κ3) is 2.77. The fourth-order valence-corrected chi connectivity index (χ4v) is 4.75. The van der Waals surface area contributed by atoms with E-state index in [4.69, 9.17) is 0 Å². The molecule has 4 rings (SSSR count). The highest BCUT2D eigenvalue weighted by Crippen LogP contribution is 2.35. The first-order valence-corrected chi connectivity index (χ1v) is 9.65. The Morgan fingerprint density at radius 3 is 2.62 bits per heavy atom. The molecule has 1 N–H and O–H groups in total. The number of thiophene rings is 1. The molecule has 2 aromatic heterocycles. The van der Waals surface area contributed by atoms with E-state index in [1.807, 2.05) is 18.7 Å². The minimum atomic E-state index is -0.0814. The van der Waals surface area contributed by atoms with E-state index in [2.05, 4.69) is 9.97 Å². The Morgan fingerprint density at radius 1 is 1.25 bits per heavy atom. The summed E-state index contributed by atoms with van der Waals surface area (Å²) in [7, 11) is 0. The molecule has 0 aromatic carbocycles. The smallest absolute Gasteiger partial charge is 0.259 e. The van der Waals surface area contributed by atoms with E-state index in [9.17, 15) is 9.59 Å². The number of hydrogen-bond acceptors (Lipinski definition) is 4. The van der Waals surface area contributed by atoms with Gasteiger partial charge in [-0.25, -0.2) is 4.98 Å². The molecule has 0 atom stereocenters. The lowest BCUT2D eigenvalue weighted by molar-refractivity contribution is -0.135. The summed E-state index contributed by atoms with van der Waals surface area (Å²) < 4.78 is 0. The molecule has 2 fully saturated rings. The van der Waals surface area contributed by atoms with Crippen LogP contribution in [0.3, 0.4) is 0 Å². The van der Waals surface area contributed by atoms with Gasteiger partial charge < -0.3 is 9.88 Å². The summed E-state index contributed by atoms with van der Waals surface area (Å²) in [6.45, 7) is 4.41. The summed E-state index contributed by atoms with van der Waals surface area (Å²) in [5.74, 6) is 1.07. The van der Waals surface area contributed by atoms with Gasteiger partial charge in [0, 0.05) is 16.8 Å². The van der Waals surface area contributed by atoms with Crippen molar-refractivity contribution in [3.05, 3.63) is 26.6 Å². The highest BCUT2D eigenvalue weighted by Gasteiger charge is 2.37. The van der Waals surface area contributed by atoms with E-state index in [1.165, 1.54) is 12.8 Å². The van der Waals surface area contributed by atoms with Crippen molar-refractivity contribution in [2.24, 2.45) is 5.92 Å². The van der Waals surface area contributed by atoms with Gasteiger partial charge in [-0.2, -0.15) is 0 Å². The van der Waals surface area contributed by atoms with Crippen molar-refractivity contribution in [1.82, 2.24) is 14.9 Å². The summed E-state index contributed by atoms with van der Waals surface area (Å²) in [5.41, 5.74) is 0.930. The molecule has 1 amide bonds. The minimum Gasteiger partial charge on any atom is -0.332 e. The quantitative estimate of drug-likeness (QED) is 0.925. The number of carbonyl (C=O) groups is 1. The lowest BCUT2D eigenvalue weighted by Crippen LogP contribution is -2.40. The second-order valence-corrected chi connectivity index (χ2v) is 8.36. The molecule has 0 bridgehead atoms. The third-order valence-electron chi connectivity index (χ3n) is 5.38. The van der Waals surface area contributed by atoms with Gasteiger partial charge in [0.05, 0.1) is 11.9 Å². The molecule has 0 saturated heterocycles. The van der Waals surface area contributed by atoms with Gasteiger partial charge in [-0.3, -0.25) is 9.59 Å². The second kappa shape index (κ2) is 5.99. The number of H-pyrrole nitrogens is 1. The number of nitrogens with zero attached hydrogens (tertiary/aromatic N) is 2. The van der Waals surface area contributed by atoms with E-state index in [1.54, 1.807) is 11.3 Å².